The van der Waals surface area contributed by atoms with Crippen molar-refractivity contribution in [2.75, 3.05) is 32.1 Å². The van der Waals surface area contributed by atoms with Crippen LogP contribution in [0, 0.1) is 11.8 Å². The van der Waals surface area contributed by atoms with E-state index in [1.165, 1.54) is 12.2 Å². The lowest BCUT2D eigenvalue weighted by molar-refractivity contribution is 0.138. The Bertz CT molecular complexity index is 195. The standard InChI is InChI=1S/C15H34N2S/c1-12(2)10-16-11-15(13(3)4)17(6)14(5)8-9-18-7/h12-16H,8-11H2,1-7H3. The van der Waals surface area contributed by atoms with Gasteiger partial charge in [-0.2, -0.15) is 11.8 Å². The second kappa shape index (κ2) is 10.1. The Labute approximate surface area is 119 Å². The molecule has 0 saturated heterocycles. The van der Waals surface area contributed by atoms with E-state index in [0.717, 1.165) is 19.0 Å². The summed E-state index contributed by atoms with van der Waals surface area (Å²) in [5.74, 6) is 2.69. The summed E-state index contributed by atoms with van der Waals surface area (Å²) in [6.07, 6.45) is 3.47. The molecule has 110 valence electrons. The van der Waals surface area contributed by atoms with Gasteiger partial charge in [-0.1, -0.05) is 27.7 Å². The summed E-state index contributed by atoms with van der Waals surface area (Å²) in [6.45, 7) is 13.8. The predicted molar refractivity (Wildman–Crippen MR) is 86.6 cm³/mol. The monoisotopic (exact) mass is 274 g/mol. The van der Waals surface area contributed by atoms with Crippen molar-refractivity contribution in [1.82, 2.24) is 10.2 Å². The van der Waals surface area contributed by atoms with Gasteiger partial charge in [-0.3, -0.25) is 4.90 Å². The summed E-state index contributed by atoms with van der Waals surface area (Å²) in [5.41, 5.74) is 0. The van der Waals surface area contributed by atoms with E-state index in [1.807, 2.05) is 11.8 Å². The molecule has 0 rings (SSSR count). The van der Waals surface area contributed by atoms with Gasteiger partial charge in [0.15, 0.2) is 0 Å². The Hall–Kier alpha value is 0.270. The normalized spacial score (nSPS) is 15.7. The third kappa shape index (κ3) is 7.65. The molecule has 0 aliphatic heterocycles. The van der Waals surface area contributed by atoms with Gasteiger partial charge in [0.05, 0.1) is 0 Å². The molecule has 2 nitrogen and oxygen atoms in total. The van der Waals surface area contributed by atoms with Crippen LogP contribution in [-0.2, 0) is 0 Å². The first-order valence-corrected chi connectivity index (χ1v) is 8.71. The van der Waals surface area contributed by atoms with E-state index in [9.17, 15) is 0 Å². The van der Waals surface area contributed by atoms with E-state index in [4.69, 9.17) is 0 Å². The van der Waals surface area contributed by atoms with Crippen LogP contribution in [0.25, 0.3) is 0 Å². The highest BCUT2D eigenvalue weighted by Crippen LogP contribution is 2.15. The van der Waals surface area contributed by atoms with E-state index in [1.54, 1.807) is 0 Å². The summed E-state index contributed by atoms with van der Waals surface area (Å²) in [5, 5.41) is 3.61. The molecule has 0 aromatic carbocycles. The molecule has 0 aromatic heterocycles. The average molecular weight is 275 g/mol. The average Bonchev–Trinajstić information content (AvgIpc) is 2.30. The molecule has 0 aromatic rings. The maximum atomic E-state index is 3.61. The number of rotatable bonds is 10. The lowest BCUT2D eigenvalue weighted by Gasteiger charge is -2.36. The van der Waals surface area contributed by atoms with Gasteiger partial charge in [0.25, 0.3) is 0 Å². The molecule has 2 atom stereocenters. The second-order valence-electron chi connectivity index (χ2n) is 6.16. The molecule has 0 amide bonds. The van der Waals surface area contributed by atoms with Crippen LogP contribution in [0.5, 0.6) is 0 Å². The maximum absolute atomic E-state index is 3.61. The zero-order valence-electron chi connectivity index (χ0n) is 13.5. The van der Waals surface area contributed by atoms with Crippen LogP contribution < -0.4 is 5.32 Å². The van der Waals surface area contributed by atoms with E-state index in [2.05, 4.69) is 58.1 Å². The van der Waals surface area contributed by atoms with Gasteiger partial charge >= 0.3 is 0 Å². The lowest BCUT2D eigenvalue weighted by Crippen LogP contribution is -2.48. The minimum absolute atomic E-state index is 0.639. The molecule has 1 N–H and O–H groups in total. The zero-order valence-corrected chi connectivity index (χ0v) is 14.3. The Morgan fingerprint density at radius 2 is 1.67 bits per heavy atom. The summed E-state index contributed by atoms with van der Waals surface area (Å²) < 4.78 is 0. The molecule has 0 radical (unpaired) electrons. The number of hydrogen-bond donors (Lipinski definition) is 1. The lowest BCUT2D eigenvalue weighted by atomic mass is 10.0. The molecule has 0 heterocycles. The number of likely N-dealkylation sites (N-methyl/N-ethyl adjacent to an activating group) is 1. The highest BCUT2D eigenvalue weighted by molar-refractivity contribution is 7.98. The SMILES string of the molecule is CSCCC(C)N(C)C(CNCC(C)C)C(C)C. The second-order valence-corrected chi connectivity index (χ2v) is 7.15. The summed E-state index contributed by atoms with van der Waals surface area (Å²) in [7, 11) is 2.28. The van der Waals surface area contributed by atoms with Gasteiger partial charge in [0, 0.05) is 18.6 Å². The Kier molecular flexibility index (Phi) is 10.3. The largest absolute Gasteiger partial charge is 0.315 e. The topological polar surface area (TPSA) is 15.3 Å². The van der Waals surface area contributed by atoms with Crippen LogP contribution in [0.1, 0.15) is 41.0 Å². The van der Waals surface area contributed by atoms with Gasteiger partial charge in [-0.15, -0.1) is 0 Å². The fraction of sp³-hybridized carbons (Fsp3) is 1.00. The van der Waals surface area contributed by atoms with Crippen LogP contribution in [0.4, 0.5) is 0 Å². The van der Waals surface area contributed by atoms with Crippen molar-refractivity contribution in [2.24, 2.45) is 11.8 Å². The van der Waals surface area contributed by atoms with Gasteiger partial charge in [0.1, 0.15) is 0 Å². The summed E-state index contributed by atoms with van der Waals surface area (Å²) in [4.78, 5) is 2.56. The van der Waals surface area contributed by atoms with Crippen LogP contribution in [0.2, 0.25) is 0 Å². The molecule has 0 spiro atoms. The Morgan fingerprint density at radius 3 is 2.11 bits per heavy atom. The van der Waals surface area contributed by atoms with Crippen molar-refractivity contribution in [3.8, 4) is 0 Å². The molecule has 0 bridgehead atoms. The number of hydrogen-bond acceptors (Lipinski definition) is 3. The molecule has 0 aliphatic rings. The number of thioether (sulfide) groups is 1. The Morgan fingerprint density at radius 1 is 1.06 bits per heavy atom. The molecule has 2 unspecified atom stereocenters. The minimum atomic E-state index is 0.639. The summed E-state index contributed by atoms with van der Waals surface area (Å²) >= 11 is 1.95. The van der Waals surface area contributed by atoms with E-state index in [0.29, 0.717) is 18.0 Å². The first-order valence-electron chi connectivity index (χ1n) is 7.31. The Balaban J connectivity index is 4.21. The smallest absolute Gasteiger partial charge is 0.0243 e. The van der Waals surface area contributed by atoms with E-state index >= 15 is 0 Å². The van der Waals surface area contributed by atoms with Crippen molar-refractivity contribution in [3.63, 3.8) is 0 Å². The zero-order chi connectivity index (χ0) is 14.1. The van der Waals surface area contributed by atoms with Gasteiger partial charge in [-0.25, -0.2) is 0 Å². The molecule has 0 fully saturated rings. The van der Waals surface area contributed by atoms with Crippen molar-refractivity contribution in [3.05, 3.63) is 0 Å². The highest BCUT2D eigenvalue weighted by atomic mass is 32.2. The molecule has 18 heavy (non-hydrogen) atoms. The first kappa shape index (κ1) is 18.3. The number of nitrogens with zero attached hydrogens (tertiary/aromatic N) is 1. The fourth-order valence-corrected chi connectivity index (χ4v) is 2.77. The first-order chi connectivity index (χ1) is 8.40. The molecular weight excluding hydrogens is 240 g/mol. The molecule has 0 aliphatic carbocycles. The van der Waals surface area contributed by atoms with Crippen LogP contribution in [-0.4, -0.2) is 49.1 Å². The quantitative estimate of drug-likeness (QED) is 0.658. The molecule has 3 heteroatoms. The van der Waals surface area contributed by atoms with Crippen LogP contribution in [0.3, 0.4) is 0 Å². The molecular formula is C15H34N2S. The van der Waals surface area contributed by atoms with Gasteiger partial charge < -0.3 is 5.32 Å². The van der Waals surface area contributed by atoms with Gasteiger partial charge in [-0.05, 0) is 50.8 Å². The minimum Gasteiger partial charge on any atom is -0.315 e. The third-order valence-corrected chi connectivity index (χ3v) is 4.28. The van der Waals surface area contributed by atoms with Crippen LogP contribution >= 0.6 is 11.8 Å². The predicted octanol–water partition coefficient (Wildman–Crippen LogP) is 3.33. The van der Waals surface area contributed by atoms with Crippen molar-refractivity contribution in [2.45, 2.75) is 53.1 Å². The van der Waals surface area contributed by atoms with Crippen molar-refractivity contribution >= 4 is 11.8 Å². The van der Waals surface area contributed by atoms with Crippen LogP contribution in [0.15, 0.2) is 0 Å². The summed E-state index contributed by atoms with van der Waals surface area (Å²) in [6, 6.07) is 1.31. The fourth-order valence-electron chi connectivity index (χ4n) is 2.19. The molecule has 0 saturated carbocycles. The van der Waals surface area contributed by atoms with Crippen molar-refractivity contribution in [1.29, 1.82) is 0 Å². The highest BCUT2D eigenvalue weighted by Gasteiger charge is 2.22. The van der Waals surface area contributed by atoms with Crippen molar-refractivity contribution < 1.29 is 0 Å². The maximum Gasteiger partial charge on any atom is 0.0243 e. The third-order valence-electron chi connectivity index (χ3n) is 3.63. The van der Waals surface area contributed by atoms with Gasteiger partial charge in [0.2, 0.25) is 0 Å². The van der Waals surface area contributed by atoms with E-state index in [-0.39, 0.29) is 0 Å². The van der Waals surface area contributed by atoms with E-state index < -0.39 is 0 Å². The number of nitrogens with one attached hydrogen (secondary N) is 1.